The summed E-state index contributed by atoms with van der Waals surface area (Å²) >= 11 is 0. The van der Waals surface area contributed by atoms with Crippen molar-refractivity contribution in [2.45, 2.75) is 82.7 Å². The van der Waals surface area contributed by atoms with Gasteiger partial charge >= 0.3 is 0 Å². The van der Waals surface area contributed by atoms with Gasteiger partial charge in [-0.2, -0.15) is 0 Å². The maximum absolute atomic E-state index is 13.3. The molecule has 2 aliphatic carbocycles. The molecule has 150 valence electrons. The van der Waals surface area contributed by atoms with Crippen molar-refractivity contribution in [1.29, 1.82) is 0 Å². The normalized spacial score (nSPS) is 23.1. The lowest BCUT2D eigenvalue weighted by molar-refractivity contribution is -0.126. The third kappa shape index (κ3) is 4.16. The van der Waals surface area contributed by atoms with Crippen LogP contribution in [0.25, 0.3) is 0 Å². The van der Waals surface area contributed by atoms with Crippen LogP contribution in [0.2, 0.25) is 0 Å². The van der Waals surface area contributed by atoms with Gasteiger partial charge in [-0.15, -0.1) is 0 Å². The quantitative estimate of drug-likeness (QED) is 0.583. The second kappa shape index (κ2) is 8.93. The van der Waals surface area contributed by atoms with Crippen molar-refractivity contribution in [2.24, 2.45) is 0 Å². The maximum atomic E-state index is 13.3. The van der Waals surface area contributed by atoms with Crippen LogP contribution in [-0.4, -0.2) is 29.3 Å². The Hall–Kier alpha value is -2.10. The topological polar surface area (TPSA) is 49.4 Å². The van der Waals surface area contributed by atoms with Crippen LogP contribution in [0.4, 0.5) is 0 Å². The van der Waals surface area contributed by atoms with Crippen LogP contribution < -0.4 is 5.32 Å². The molecule has 1 atom stereocenters. The fourth-order valence-corrected chi connectivity index (χ4v) is 4.98. The van der Waals surface area contributed by atoms with Gasteiger partial charge in [0.25, 0.3) is 5.91 Å². The third-order valence-corrected chi connectivity index (χ3v) is 6.57. The Bertz CT molecular complexity index is 747. The van der Waals surface area contributed by atoms with E-state index in [2.05, 4.69) is 11.4 Å². The molecule has 0 radical (unpaired) electrons. The fraction of sp³-hybridized carbons (Fsp3) is 0.583. The first-order chi connectivity index (χ1) is 13.7. The van der Waals surface area contributed by atoms with Crippen molar-refractivity contribution in [1.82, 2.24) is 10.2 Å². The largest absolute Gasteiger partial charge is 0.351 e. The van der Waals surface area contributed by atoms with Gasteiger partial charge in [-0.1, -0.05) is 55.5 Å². The summed E-state index contributed by atoms with van der Waals surface area (Å²) in [5.41, 5.74) is 3.01. The highest BCUT2D eigenvalue weighted by atomic mass is 16.2. The van der Waals surface area contributed by atoms with Gasteiger partial charge in [0.2, 0.25) is 5.91 Å². The van der Waals surface area contributed by atoms with Crippen LogP contribution >= 0.6 is 0 Å². The minimum absolute atomic E-state index is 0.00261. The highest BCUT2D eigenvalue weighted by molar-refractivity contribution is 6.04. The van der Waals surface area contributed by atoms with Crippen molar-refractivity contribution in [3.63, 3.8) is 0 Å². The van der Waals surface area contributed by atoms with Gasteiger partial charge in [0.05, 0.1) is 0 Å². The lowest BCUT2D eigenvalue weighted by Crippen LogP contribution is -2.43. The Labute approximate surface area is 168 Å². The number of nitrogens with one attached hydrogen (secondary N) is 1. The van der Waals surface area contributed by atoms with E-state index in [0.29, 0.717) is 12.1 Å². The van der Waals surface area contributed by atoms with E-state index in [4.69, 9.17) is 0 Å². The summed E-state index contributed by atoms with van der Waals surface area (Å²) in [6.07, 6.45) is 15.0. The third-order valence-electron chi connectivity index (χ3n) is 6.57. The van der Waals surface area contributed by atoms with Crippen LogP contribution in [0, 0.1) is 0 Å². The second-order valence-electron chi connectivity index (χ2n) is 8.54. The van der Waals surface area contributed by atoms with Crippen LogP contribution in [0.5, 0.6) is 0 Å². The Morgan fingerprint density at radius 1 is 1.04 bits per heavy atom. The van der Waals surface area contributed by atoms with Crippen molar-refractivity contribution in [2.75, 3.05) is 6.54 Å². The first-order valence-corrected chi connectivity index (χ1v) is 11.1. The van der Waals surface area contributed by atoms with E-state index >= 15 is 0 Å². The van der Waals surface area contributed by atoms with Gasteiger partial charge in [0.1, 0.15) is 6.04 Å². The van der Waals surface area contributed by atoms with E-state index in [9.17, 15) is 9.59 Å². The Morgan fingerprint density at radius 3 is 2.57 bits per heavy atom. The summed E-state index contributed by atoms with van der Waals surface area (Å²) in [7, 11) is 0. The fourth-order valence-electron chi connectivity index (χ4n) is 4.98. The summed E-state index contributed by atoms with van der Waals surface area (Å²) in [6, 6.07) is 7.42. The first-order valence-electron chi connectivity index (χ1n) is 11.1. The predicted molar refractivity (Wildman–Crippen MR) is 111 cm³/mol. The van der Waals surface area contributed by atoms with E-state index in [-0.39, 0.29) is 17.9 Å². The van der Waals surface area contributed by atoms with E-state index in [0.717, 1.165) is 37.7 Å². The number of benzene rings is 1. The number of nitrogens with zero attached hydrogens (tertiary/aromatic N) is 1. The Kier molecular flexibility index (Phi) is 6.13. The SMILES string of the molecule is O=C(NC1CCCCCC1)[C@@H]1c2ccccc2C(=O)N1CCC1=CCCCC1. The molecule has 1 aliphatic heterocycles. The van der Waals surface area contributed by atoms with Crippen LogP contribution in [0.15, 0.2) is 35.9 Å². The number of carbonyl (C=O) groups excluding carboxylic acids is 2. The molecule has 1 fully saturated rings. The summed E-state index contributed by atoms with van der Waals surface area (Å²) in [6.45, 7) is 0.627. The second-order valence-corrected chi connectivity index (χ2v) is 8.54. The first kappa shape index (κ1) is 19.2. The van der Waals surface area contributed by atoms with Crippen LogP contribution in [0.1, 0.15) is 92.6 Å². The number of hydrogen-bond donors (Lipinski definition) is 1. The minimum Gasteiger partial charge on any atom is -0.351 e. The maximum Gasteiger partial charge on any atom is 0.255 e. The summed E-state index contributed by atoms with van der Waals surface area (Å²) in [5, 5.41) is 3.28. The molecule has 3 aliphatic rings. The van der Waals surface area contributed by atoms with E-state index < -0.39 is 6.04 Å². The van der Waals surface area contributed by atoms with Crippen LogP contribution in [-0.2, 0) is 4.79 Å². The molecule has 1 heterocycles. The van der Waals surface area contributed by atoms with Gasteiger partial charge in [-0.25, -0.2) is 0 Å². The number of rotatable bonds is 5. The number of allylic oxidation sites excluding steroid dienone is 1. The smallest absolute Gasteiger partial charge is 0.255 e. The Balaban J connectivity index is 1.51. The molecule has 0 aromatic heterocycles. The van der Waals surface area contributed by atoms with E-state index in [1.165, 1.54) is 44.1 Å². The van der Waals surface area contributed by atoms with Crippen LogP contribution in [0.3, 0.4) is 0 Å². The number of fused-ring (bicyclic) bond motifs is 1. The summed E-state index contributed by atoms with van der Waals surface area (Å²) in [5.74, 6) is 0.0100. The average Bonchev–Trinajstić information content (AvgIpc) is 2.87. The molecule has 0 saturated heterocycles. The molecule has 0 unspecified atom stereocenters. The molecule has 1 saturated carbocycles. The van der Waals surface area contributed by atoms with Gasteiger partial charge in [-0.3, -0.25) is 9.59 Å². The van der Waals surface area contributed by atoms with Crippen molar-refractivity contribution >= 4 is 11.8 Å². The minimum atomic E-state index is -0.476. The monoisotopic (exact) mass is 380 g/mol. The van der Waals surface area contributed by atoms with Gasteiger partial charge in [0.15, 0.2) is 0 Å². The molecular weight excluding hydrogens is 348 g/mol. The van der Waals surface area contributed by atoms with E-state index in [1.54, 1.807) is 0 Å². The molecule has 2 amide bonds. The highest BCUT2D eigenvalue weighted by Gasteiger charge is 2.41. The number of hydrogen-bond acceptors (Lipinski definition) is 2. The zero-order chi connectivity index (χ0) is 19.3. The van der Waals surface area contributed by atoms with E-state index in [1.807, 2.05) is 29.2 Å². The molecule has 4 rings (SSSR count). The molecule has 1 N–H and O–H groups in total. The molecular formula is C24H32N2O2. The lowest BCUT2D eigenvalue weighted by Gasteiger charge is -2.27. The zero-order valence-corrected chi connectivity index (χ0v) is 16.8. The van der Waals surface area contributed by atoms with Crippen molar-refractivity contribution < 1.29 is 9.59 Å². The summed E-state index contributed by atoms with van der Waals surface area (Å²) in [4.78, 5) is 28.1. The molecule has 0 spiro atoms. The van der Waals surface area contributed by atoms with Gasteiger partial charge in [-0.05, 0) is 56.6 Å². The average molecular weight is 381 g/mol. The Morgan fingerprint density at radius 2 is 1.82 bits per heavy atom. The molecule has 0 bridgehead atoms. The lowest BCUT2D eigenvalue weighted by atomic mass is 9.97. The molecule has 1 aromatic carbocycles. The van der Waals surface area contributed by atoms with Crippen molar-refractivity contribution in [3.8, 4) is 0 Å². The molecule has 4 nitrogen and oxygen atoms in total. The molecule has 28 heavy (non-hydrogen) atoms. The van der Waals surface area contributed by atoms with Gasteiger partial charge < -0.3 is 10.2 Å². The molecule has 4 heteroatoms. The number of amides is 2. The highest BCUT2D eigenvalue weighted by Crippen LogP contribution is 2.35. The standard InChI is InChI=1S/C24H32N2O2/c27-23(25-19-12-6-1-2-7-13-19)22-20-14-8-9-15-21(20)24(28)26(22)17-16-18-10-4-3-5-11-18/h8-10,14-15,19,22H,1-7,11-13,16-17H2,(H,25,27)/t22-/m0/s1. The summed E-state index contributed by atoms with van der Waals surface area (Å²) < 4.78 is 0. The predicted octanol–water partition coefficient (Wildman–Crippen LogP) is 4.91. The zero-order valence-electron chi connectivity index (χ0n) is 16.8. The molecule has 1 aromatic rings. The van der Waals surface area contributed by atoms with Crippen molar-refractivity contribution in [3.05, 3.63) is 47.0 Å². The number of carbonyl (C=O) groups is 2. The van der Waals surface area contributed by atoms with Gasteiger partial charge in [0, 0.05) is 18.2 Å².